The Labute approximate surface area is 81.6 Å². The van der Waals surface area contributed by atoms with Gasteiger partial charge in [0.15, 0.2) is 0 Å². The van der Waals surface area contributed by atoms with Gasteiger partial charge in [-0.05, 0) is 24.0 Å². The fourth-order valence-corrected chi connectivity index (χ4v) is 1.30. The first-order chi connectivity index (χ1) is 5.72. The van der Waals surface area contributed by atoms with Gasteiger partial charge in [0, 0.05) is 11.4 Å². The molecule has 0 bridgehead atoms. The van der Waals surface area contributed by atoms with Gasteiger partial charge in [-0.2, -0.15) is 0 Å². The van der Waals surface area contributed by atoms with Crippen LogP contribution in [0, 0.1) is 5.41 Å². The average Bonchev–Trinajstić information content (AvgIpc) is 2.09. The summed E-state index contributed by atoms with van der Waals surface area (Å²) >= 11 is 7.20. The number of hydrogen-bond donors (Lipinski definition) is 1. The molecule has 0 saturated carbocycles. The first kappa shape index (κ1) is 9.62. The van der Waals surface area contributed by atoms with Crippen molar-refractivity contribution in [2.75, 3.05) is 6.26 Å². The van der Waals surface area contributed by atoms with Crippen molar-refractivity contribution in [3.8, 4) is 0 Å². The largest absolute Gasteiger partial charge is 0.298 e. The Hall–Kier alpha value is -0.470. The molecule has 0 spiro atoms. The van der Waals surface area contributed by atoms with Crippen LogP contribution in [0.1, 0.15) is 5.56 Å². The molecule has 64 valence electrons. The molecule has 0 heterocycles. The van der Waals surface area contributed by atoms with Crippen LogP contribution >= 0.6 is 23.4 Å². The standard InChI is InChI=1S/C9H10ClNS/c1-12-9(11)6-7-2-4-8(10)5-3-7/h2-5,11H,6H2,1H3. The van der Waals surface area contributed by atoms with Crippen LogP contribution in [0.5, 0.6) is 0 Å². The number of halogens is 1. The lowest BCUT2D eigenvalue weighted by atomic mass is 10.2. The lowest BCUT2D eigenvalue weighted by Crippen LogP contribution is -1.94. The fraction of sp³-hybridized carbons (Fsp3) is 0.222. The molecule has 0 radical (unpaired) electrons. The molecule has 0 aliphatic heterocycles. The van der Waals surface area contributed by atoms with Crippen LogP contribution in [0.25, 0.3) is 0 Å². The van der Waals surface area contributed by atoms with Gasteiger partial charge < -0.3 is 0 Å². The average molecular weight is 200 g/mol. The molecule has 0 saturated heterocycles. The summed E-state index contributed by atoms with van der Waals surface area (Å²) in [5.74, 6) is 0. The molecule has 0 aliphatic carbocycles. The molecule has 3 heteroatoms. The molecule has 0 fully saturated rings. The third-order valence-electron chi connectivity index (χ3n) is 1.52. The topological polar surface area (TPSA) is 23.9 Å². The number of thioether (sulfide) groups is 1. The van der Waals surface area contributed by atoms with Crippen LogP contribution in [0.3, 0.4) is 0 Å². The molecule has 1 aromatic rings. The van der Waals surface area contributed by atoms with Crippen LogP contribution in [-0.2, 0) is 6.42 Å². The summed E-state index contributed by atoms with van der Waals surface area (Å²) in [5.41, 5.74) is 1.14. The Morgan fingerprint density at radius 3 is 2.50 bits per heavy atom. The second-order valence-electron chi connectivity index (χ2n) is 2.43. The summed E-state index contributed by atoms with van der Waals surface area (Å²) < 4.78 is 0. The summed E-state index contributed by atoms with van der Waals surface area (Å²) in [4.78, 5) is 0. The maximum absolute atomic E-state index is 7.46. The van der Waals surface area contributed by atoms with Crippen LogP contribution in [-0.4, -0.2) is 11.3 Å². The second kappa shape index (κ2) is 4.53. The molecule has 0 atom stereocenters. The molecule has 1 nitrogen and oxygen atoms in total. The third kappa shape index (κ3) is 2.88. The first-order valence-corrected chi connectivity index (χ1v) is 5.18. The number of benzene rings is 1. The Balaban J connectivity index is 2.64. The van der Waals surface area contributed by atoms with E-state index in [1.807, 2.05) is 30.5 Å². The molecular formula is C9H10ClNS. The van der Waals surface area contributed by atoms with Gasteiger partial charge >= 0.3 is 0 Å². The summed E-state index contributed by atoms with van der Waals surface area (Å²) in [7, 11) is 0. The van der Waals surface area contributed by atoms with E-state index in [-0.39, 0.29) is 0 Å². The van der Waals surface area contributed by atoms with Crippen LogP contribution < -0.4 is 0 Å². The van der Waals surface area contributed by atoms with Crippen molar-refractivity contribution < 1.29 is 0 Å². The lowest BCUT2D eigenvalue weighted by molar-refractivity contribution is 1.32. The molecular weight excluding hydrogens is 190 g/mol. The number of rotatable bonds is 2. The van der Waals surface area contributed by atoms with Gasteiger partial charge in [-0.3, -0.25) is 5.41 Å². The molecule has 1 N–H and O–H groups in total. The van der Waals surface area contributed by atoms with Crippen molar-refractivity contribution in [1.82, 2.24) is 0 Å². The quantitative estimate of drug-likeness (QED) is 0.574. The zero-order valence-corrected chi connectivity index (χ0v) is 8.38. The second-order valence-corrected chi connectivity index (χ2v) is 3.77. The van der Waals surface area contributed by atoms with Crippen molar-refractivity contribution in [2.24, 2.45) is 0 Å². The minimum atomic E-state index is 0.678. The van der Waals surface area contributed by atoms with E-state index in [1.54, 1.807) is 0 Å². The van der Waals surface area contributed by atoms with E-state index in [9.17, 15) is 0 Å². The van der Waals surface area contributed by atoms with E-state index in [1.165, 1.54) is 11.8 Å². The van der Waals surface area contributed by atoms with Gasteiger partial charge in [0.1, 0.15) is 0 Å². The molecule has 1 rings (SSSR count). The number of nitrogens with one attached hydrogen (secondary N) is 1. The Morgan fingerprint density at radius 2 is 2.00 bits per heavy atom. The van der Waals surface area contributed by atoms with Gasteiger partial charge in [-0.1, -0.05) is 23.7 Å². The van der Waals surface area contributed by atoms with E-state index >= 15 is 0 Å². The van der Waals surface area contributed by atoms with E-state index in [2.05, 4.69) is 0 Å². The zero-order valence-electron chi connectivity index (χ0n) is 6.80. The molecule has 0 unspecified atom stereocenters. The molecule has 12 heavy (non-hydrogen) atoms. The highest BCUT2D eigenvalue weighted by Gasteiger charge is 1.96. The Bertz CT molecular complexity index is 268. The monoisotopic (exact) mass is 199 g/mol. The normalized spacial score (nSPS) is 9.83. The van der Waals surface area contributed by atoms with E-state index < -0.39 is 0 Å². The van der Waals surface area contributed by atoms with Crippen molar-refractivity contribution in [2.45, 2.75) is 6.42 Å². The number of hydrogen-bond acceptors (Lipinski definition) is 2. The van der Waals surface area contributed by atoms with Crippen molar-refractivity contribution in [3.63, 3.8) is 0 Å². The predicted molar refractivity (Wildman–Crippen MR) is 56.4 cm³/mol. The van der Waals surface area contributed by atoms with Crippen LogP contribution in [0.2, 0.25) is 5.02 Å². The van der Waals surface area contributed by atoms with Crippen molar-refractivity contribution >= 4 is 28.4 Å². The van der Waals surface area contributed by atoms with Crippen molar-refractivity contribution in [1.29, 1.82) is 5.41 Å². The highest BCUT2D eigenvalue weighted by atomic mass is 35.5. The van der Waals surface area contributed by atoms with Gasteiger partial charge in [-0.15, -0.1) is 11.8 Å². The van der Waals surface area contributed by atoms with Gasteiger partial charge in [0.25, 0.3) is 0 Å². The SMILES string of the molecule is CSC(=N)Cc1ccc(Cl)cc1. The van der Waals surface area contributed by atoms with E-state index in [4.69, 9.17) is 17.0 Å². The fourth-order valence-electron chi connectivity index (χ4n) is 0.860. The minimum Gasteiger partial charge on any atom is -0.298 e. The molecule has 1 aromatic carbocycles. The van der Waals surface area contributed by atoms with Crippen molar-refractivity contribution in [3.05, 3.63) is 34.9 Å². The highest BCUT2D eigenvalue weighted by molar-refractivity contribution is 8.13. The zero-order chi connectivity index (χ0) is 8.97. The van der Waals surface area contributed by atoms with Gasteiger partial charge in [-0.25, -0.2) is 0 Å². The molecule has 0 amide bonds. The summed E-state index contributed by atoms with van der Waals surface area (Å²) in [6, 6.07) is 7.61. The van der Waals surface area contributed by atoms with Gasteiger partial charge in [0.05, 0.1) is 5.04 Å². The summed E-state index contributed by atoms with van der Waals surface area (Å²) in [6.45, 7) is 0. The maximum atomic E-state index is 7.46. The molecule has 0 aromatic heterocycles. The van der Waals surface area contributed by atoms with Gasteiger partial charge in [0.2, 0.25) is 0 Å². The maximum Gasteiger partial charge on any atom is 0.0682 e. The predicted octanol–water partition coefficient (Wildman–Crippen LogP) is 3.22. The highest BCUT2D eigenvalue weighted by Crippen LogP contribution is 2.11. The van der Waals surface area contributed by atoms with E-state index in [0.717, 1.165) is 10.6 Å². The summed E-state index contributed by atoms with van der Waals surface area (Å²) in [5, 5.41) is 8.88. The van der Waals surface area contributed by atoms with Crippen LogP contribution in [0.15, 0.2) is 24.3 Å². The smallest absolute Gasteiger partial charge is 0.0682 e. The molecule has 0 aliphatic rings. The van der Waals surface area contributed by atoms with Crippen LogP contribution in [0.4, 0.5) is 0 Å². The summed E-state index contributed by atoms with van der Waals surface area (Å²) in [6.07, 6.45) is 2.62. The van der Waals surface area contributed by atoms with E-state index in [0.29, 0.717) is 11.5 Å². The Kier molecular flexibility index (Phi) is 3.63. The third-order valence-corrected chi connectivity index (χ3v) is 2.41. The lowest BCUT2D eigenvalue weighted by Gasteiger charge is -2.00. The Morgan fingerprint density at radius 1 is 1.42 bits per heavy atom. The first-order valence-electron chi connectivity index (χ1n) is 3.58. The minimum absolute atomic E-state index is 0.678.